The van der Waals surface area contributed by atoms with Crippen molar-refractivity contribution in [1.29, 1.82) is 0 Å². The molecule has 0 aromatic carbocycles. The van der Waals surface area contributed by atoms with Crippen molar-refractivity contribution in [2.24, 2.45) is 0 Å². The highest BCUT2D eigenvalue weighted by Crippen LogP contribution is 2.13. The quantitative estimate of drug-likeness (QED) is 0.426. The summed E-state index contributed by atoms with van der Waals surface area (Å²) in [5, 5.41) is 0. The van der Waals surface area contributed by atoms with Crippen LogP contribution in [0.1, 0.15) is 71.1 Å². The minimum atomic E-state index is -0.881. The third-order valence-corrected chi connectivity index (χ3v) is 5.88. The molecule has 0 N–H and O–H groups in total. The zero-order valence-corrected chi connectivity index (χ0v) is 12.8. The van der Waals surface area contributed by atoms with Crippen molar-refractivity contribution in [3.63, 3.8) is 0 Å². The predicted molar refractivity (Wildman–Crippen MR) is 78.9 cm³/mol. The van der Waals surface area contributed by atoms with Gasteiger partial charge in [0.1, 0.15) is 0 Å². The summed E-state index contributed by atoms with van der Waals surface area (Å²) < 4.78 is 5.80. The zero-order valence-electron chi connectivity index (χ0n) is 11.6. The second-order valence-corrected chi connectivity index (χ2v) is 7.62. The highest BCUT2D eigenvalue weighted by atomic mass is 28.3. The number of unbranched alkanes of at least 4 members (excludes halogenated alkanes) is 7. The van der Waals surface area contributed by atoms with Crippen molar-refractivity contribution in [3.8, 4) is 0 Å². The molecule has 0 aromatic heterocycles. The molecular weight excluding hydrogens is 224 g/mol. The summed E-state index contributed by atoms with van der Waals surface area (Å²) in [7, 11) is -0.881. The Morgan fingerprint density at radius 1 is 1.00 bits per heavy atom. The molecule has 0 spiro atoms. The van der Waals surface area contributed by atoms with Crippen LogP contribution in [0.3, 0.4) is 0 Å². The summed E-state index contributed by atoms with van der Waals surface area (Å²) in [5.41, 5.74) is 2.43. The highest BCUT2D eigenvalue weighted by molar-refractivity contribution is 6.57. The van der Waals surface area contributed by atoms with Gasteiger partial charge in [-0.25, -0.2) is 0 Å². The second-order valence-electron chi connectivity index (χ2n) is 5.24. The van der Waals surface area contributed by atoms with Crippen LogP contribution in [0.25, 0.3) is 0 Å². The summed E-state index contributed by atoms with van der Waals surface area (Å²) in [6, 6.07) is 1.37. The van der Waals surface area contributed by atoms with Crippen molar-refractivity contribution in [2.75, 3.05) is 6.61 Å². The Kier molecular flexibility index (Phi) is 9.72. The molecule has 0 aromatic rings. The molecule has 1 unspecified atom stereocenters. The first-order valence-corrected chi connectivity index (χ1v) is 9.67. The number of hydrogen-bond acceptors (Lipinski definition) is 1. The van der Waals surface area contributed by atoms with Gasteiger partial charge < -0.3 is 4.43 Å². The monoisotopic (exact) mass is 254 g/mol. The fraction of sp³-hybridized carbons (Fsp3) is 0.867. The van der Waals surface area contributed by atoms with Gasteiger partial charge in [-0.15, -0.1) is 0 Å². The van der Waals surface area contributed by atoms with Crippen LogP contribution >= 0.6 is 0 Å². The summed E-state index contributed by atoms with van der Waals surface area (Å²) >= 11 is 0. The van der Waals surface area contributed by atoms with Gasteiger partial charge >= 0.3 is 0 Å². The molecule has 2 heteroatoms. The van der Waals surface area contributed by atoms with Gasteiger partial charge in [0.05, 0.1) is 0 Å². The molecule has 0 saturated carbocycles. The van der Waals surface area contributed by atoms with E-state index in [1.54, 1.807) is 0 Å². The van der Waals surface area contributed by atoms with E-state index in [9.17, 15) is 0 Å². The van der Waals surface area contributed by atoms with E-state index in [1.165, 1.54) is 70.3 Å². The molecule has 100 valence electrons. The lowest BCUT2D eigenvalue weighted by molar-refractivity contribution is 0.294. The summed E-state index contributed by atoms with van der Waals surface area (Å²) in [5.74, 6) is 0. The number of hydrogen-bond donors (Lipinski definition) is 0. The Hall–Kier alpha value is -0.0831. The van der Waals surface area contributed by atoms with Gasteiger partial charge in [-0.05, 0) is 25.3 Å². The first kappa shape index (κ1) is 15.0. The summed E-state index contributed by atoms with van der Waals surface area (Å²) in [4.78, 5) is 0. The third-order valence-electron chi connectivity index (χ3n) is 3.54. The maximum absolute atomic E-state index is 5.80. The molecule has 1 saturated heterocycles. The molecule has 17 heavy (non-hydrogen) atoms. The van der Waals surface area contributed by atoms with Gasteiger partial charge in [0, 0.05) is 6.61 Å². The van der Waals surface area contributed by atoms with Crippen LogP contribution in [-0.2, 0) is 4.43 Å². The van der Waals surface area contributed by atoms with Crippen LogP contribution in [0.2, 0.25) is 6.04 Å². The van der Waals surface area contributed by atoms with Crippen LogP contribution < -0.4 is 0 Å². The SMILES string of the molecule is CCCCCCCCCC=C[SiH]1CCCCO1. The van der Waals surface area contributed by atoms with E-state index in [-0.39, 0.29) is 0 Å². The first-order valence-electron chi connectivity index (χ1n) is 7.71. The molecule has 1 rings (SSSR count). The van der Waals surface area contributed by atoms with Crippen molar-refractivity contribution >= 4 is 9.04 Å². The van der Waals surface area contributed by atoms with Crippen LogP contribution in [0.15, 0.2) is 11.8 Å². The maximum atomic E-state index is 5.80. The topological polar surface area (TPSA) is 9.23 Å². The lowest BCUT2D eigenvalue weighted by atomic mass is 10.1. The number of rotatable bonds is 9. The maximum Gasteiger partial charge on any atom is 0.200 e. The molecular formula is C15H30OSi. The van der Waals surface area contributed by atoms with E-state index >= 15 is 0 Å². The van der Waals surface area contributed by atoms with Gasteiger partial charge in [-0.3, -0.25) is 0 Å². The lowest BCUT2D eigenvalue weighted by Gasteiger charge is -2.17. The minimum absolute atomic E-state index is 0.881. The fourth-order valence-electron chi connectivity index (χ4n) is 2.38. The Bertz CT molecular complexity index is 185. The standard InChI is InChI=1S/C15H30OSi/c1-2-3-4-5-6-7-8-9-11-14-17-15-12-10-13-16-17/h11,14,17H,2-10,12-13,15H2,1H3. The van der Waals surface area contributed by atoms with E-state index in [0.29, 0.717) is 0 Å². The fourth-order valence-corrected chi connectivity index (χ4v) is 4.51. The largest absolute Gasteiger partial charge is 0.416 e. The second kappa shape index (κ2) is 11.0. The highest BCUT2D eigenvalue weighted by Gasteiger charge is 2.11. The van der Waals surface area contributed by atoms with Crippen LogP contribution in [0, 0.1) is 0 Å². The van der Waals surface area contributed by atoms with Gasteiger partial charge in [0.25, 0.3) is 0 Å². The number of allylic oxidation sites excluding steroid dienone is 1. The van der Waals surface area contributed by atoms with Gasteiger partial charge in [-0.1, -0.05) is 63.6 Å². The lowest BCUT2D eigenvalue weighted by Crippen LogP contribution is -2.20. The predicted octanol–water partition coefficient (Wildman–Crippen LogP) is 4.76. The van der Waals surface area contributed by atoms with Crippen LogP contribution in [0.4, 0.5) is 0 Å². The third kappa shape index (κ3) is 8.61. The Morgan fingerprint density at radius 2 is 1.76 bits per heavy atom. The van der Waals surface area contributed by atoms with Crippen molar-refractivity contribution in [1.82, 2.24) is 0 Å². The molecule has 1 fully saturated rings. The normalized spacial score (nSPS) is 21.1. The Balaban J connectivity index is 1.84. The average molecular weight is 254 g/mol. The van der Waals surface area contributed by atoms with Gasteiger partial charge in [0.2, 0.25) is 9.04 Å². The van der Waals surface area contributed by atoms with Crippen molar-refractivity contribution in [3.05, 3.63) is 11.8 Å². The molecule has 0 bridgehead atoms. The molecule has 0 amide bonds. The summed E-state index contributed by atoms with van der Waals surface area (Å²) in [6.07, 6.45) is 16.3. The van der Waals surface area contributed by atoms with E-state index in [0.717, 1.165) is 6.61 Å². The van der Waals surface area contributed by atoms with Crippen LogP contribution in [0.5, 0.6) is 0 Å². The van der Waals surface area contributed by atoms with E-state index in [1.807, 2.05) is 0 Å². The van der Waals surface area contributed by atoms with E-state index in [2.05, 4.69) is 18.7 Å². The molecule has 0 radical (unpaired) electrons. The van der Waals surface area contributed by atoms with Crippen LogP contribution in [-0.4, -0.2) is 15.6 Å². The minimum Gasteiger partial charge on any atom is -0.416 e. The average Bonchev–Trinajstić information content (AvgIpc) is 2.38. The van der Waals surface area contributed by atoms with Crippen molar-refractivity contribution < 1.29 is 4.43 Å². The first-order chi connectivity index (χ1) is 8.43. The summed E-state index contributed by atoms with van der Waals surface area (Å²) in [6.45, 7) is 3.31. The van der Waals surface area contributed by atoms with Gasteiger partial charge in [-0.2, -0.15) is 0 Å². The Labute approximate surface area is 109 Å². The van der Waals surface area contributed by atoms with E-state index in [4.69, 9.17) is 4.43 Å². The molecule has 1 nitrogen and oxygen atoms in total. The molecule has 1 heterocycles. The Morgan fingerprint density at radius 3 is 2.47 bits per heavy atom. The van der Waals surface area contributed by atoms with Gasteiger partial charge in [0.15, 0.2) is 0 Å². The van der Waals surface area contributed by atoms with Crippen molar-refractivity contribution in [2.45, 2.75) is 77.2 Å². The molecule has 0 aliphatic carbocycles. The zero-order chi connectivity index (χ0) is 12.2. The molecule has 1 aliphatic rings. The smallest absolute Gasteiger partial charge is 0.200 e. The van der Waals surface area contributed by atoms with E-state index < -0.39 is 9.04 Å². The molecule has 1 aliphatic heterocycles. The molecule has 1 atom stereocenters.